The van der Waals surface area contributed by atoms with Crippen molar-refractivity contribution < 1.29 is 15.1 Å². The molecular formula is C2H9N2O3+. The van der Waals surface area contributed by atoms with Crippen LogP contribution in [0.5, 0.6) is 0 Å². The average molecular weight is 109 g/mol. The molecular weight excluding hydrogens is 100 g/mol. The molecule has 0 unspecified atom stereocenters. The Bertz CT molecular complexity index is 54.9. The van der Waals surface area contributed by atoms with E-state index in [1.54, 1.807) is 6.92 Å². The van der Waals surface area contributed by atoms with Crippen LogP contribution in [0.15, 0.2) is 0 Å². The fourth-order valence-electron chi connectivity index (χ4n) is 0.110. The molecule has 0 aliphatic heterocycles. The molecule has 5 heteroatoms. The summed E-state index contributed by atoms with van der Waals surface area (Å²) < 4.78 is 0. The highest BCUT2D eigenvalue weighted by Crippen LogP contribution is 1.65. The predicted octanol–water partition coefficient (Wildman–Crippen LogP) is 0.268. The molecule has 0 radical (unpaired) electrons. The minimum Gasteiger partial charge on any atom is -0.344 e. The van der Waals surface area contributed by atoms with Gasteiger partial charge in [0.2, 0.25) is 0 Å². The van der Waals surface area contributed by atoms with E-state index in [1.807, 2.05) is 0 Å². The minimum atomic E-state index is -0.569. The van der Waals surface area contributed by atoms with Crippen LogP contribution in [-0.4, -0.2) is 16.9 Å². The number of rotatable bonds is 2. The smallest absolute Gasteiger partial charge is 0.344 e. The van der Waals surface area contributed by atoms with Crippen LogP contribution in [0.2, 0.25) is 0 Å². The maximum atomic E-state index is 9.29. The van der Waals surface area contributed by atoms with Crippen LogP contribution in [0.25, 0.3) is 0 Å². The van der Waals surface area contributed by atoms with Crippen molar-refractivity contribution in [3.05, 3.63) is 4.91 Å². The molecule has 0 saturated carbocycles. The molecule has 0 aromatic heterocycles. The molecule has 0 spiro atoms. The van der Waals surface area contributed by atoms with E-state index < -0.39 is 5.09 Å². The lowest BCUT2D eigenvalue weighted by Gasteiger charge is -1.73. The molecule has 0 bridgehead atoms. The molecule has 0 aromatic carbocycles. The van der Waals surface area contributed by atoms with E-state index in [0.29, 0.717) is 0 Å². The van der Waals surface area contributed by atoms with Crippen LogP contribution < -0.4 is 6.15 Å². The predicted molar refractivity (Wildman–Crippen MR) is 22.1 cm³/mol. The van der Waals surface area contributed by atoms with Crippen molar-refractivity contribution in [1.82, 2.24) is 6.15 Å². The van der Waals surface area contributed by atoms with Gasteiger partial charge in [-0.15, -0.1) is 0 Å². The topological polar surface area (TPSA) is 84.5 Å². The fraction of sp³-hybridized carbons (Fsp3) is 1.00. The Morgan fingerprint density at radius 3 is 2.29 bits per heavy atom. The SMILES string of the molecule is CCO[N+](=O)O.N. The fourth-order valence-corrected chi connectivity index (χ4v) is 0.110. The second kappa shape index (κ2) is 5.16. The third-order valence-electron chi connectivity index (χ3n) is 0.240. The van der Waals surface area contributed by atoms with Crippen LogP contribution in [-0.2, 0) is 4.84 Å². The lowest BCUT2D eigenvalue weighted by atomic mass is 10.9. The zero-order chi connectivity index (χ0) is 4.99. The highest BCUT2D eigenvalue weighted by Gasteiger charge is 1.95. The molecule has 0 fully saturated rings. The lowest BCUT2D eigenvalue weighted by Crippen LogP contribution is -2.01. The van der Waals surface area contributed by atoms with Crippen molar-refractivity contribution in [2.24, 2.45) is 0 Å². The molecule has 0 saturated heterocycles. The Morgan fingerprint density at radius 1 is 1.86 bits per heavy atom. The van der Waals surface area contributed by atoms with Crippen LogP contribution in [0.4, 0.5) is 0 Å². The van der Waals surface area contributed by atoms with Gasteiger partial charge in [0.25, 0.3) is 0 Å². The van der Waals surface area contributed by atoms with Gasteiger partial charge in [0.15, 0.2) is 6.61 Å². The van der Waals surface area contributed by atoms with Crippen molar-refractivity contribution in [3.63, 3.8) is 0 Å². The van der Waals surface area contributed by atoms with Crippen molar-refractivity contribution in [1.29, 1.82) is 0 Å². The van der Waals surface area contributed by atoms with Gasteiger partial charge in [0.1, 0.15) is 4.91 Å². The van der Waals surface area contributed by atoms with Crippen LogP contribution in [0.1, 0.15) is 6.92 Å². The summed E-state index contributed by atoms with van der Waals surface area (Å²) in [7, 11) is 0. The monoisotopic (exact) mass is 109 g/mol. The Balaban J connectivity index is 0. The van der Waals surface area contributed by atoms with E-state index >= 15 is 0 Å². The highest BCUT2D eigenvalue weighted by atomic mass is 16.9. The summed E-state index contributed by atoms with van der Waals surface area (Å²) >= 11 is 0. The molecule has 44 valence electrons. The third kappa shape index (κ3) is 11.0. The molecule has 7 heavy (non-hydrogen) atoms. The molecule has 0 heterocycles. The van der Waals surface area contributed by atoms with E-state index in [0.717, 1.165) is 0 Å². The summed E-state index contributed by atoms with van der Waals surface area (Å²) in [5.74, 6) is 0. The summed E-state index contributed by atoms with van der Waals surface area (Å²) in [6, 6.07) is 0. The van der Waals surface area contributed by atoms with E-state index in [4.69, 9.17) is 5.21 Å². The van der Waals surface area contributed by atoms with Gasteiger partial charge in [0.05, 0.1) is 0 Å². The molecule has 4 N–H and O–H groups in total. The maximum Gasteiger partial charge on any atom is 0.475 e. The van der Waals surface area contributed by atoms with Crippen LogP contribution in [0, 0.1) is 4.91 Å². The zero-order valence-electron chi connectivity index (χ0n) is 4.13. The van der Waals surface area contributed by atoms with Gasteiger partial charge in [-0.3, -0.25) is 0 Å². The lowest BCUT2D eigenvalue weighted by molar-refractivity contribution is -0.975. The standard InChI is InChI=1S/C2H6NO3.H3N/c1-2-6-3(4)5;/h2H2,1H3,(H,4,5);1H3/q+1;. The summed E-state index contributed by atoms with van der Waals surface area (Å²) in [6.07, 6.45) is 0. The number of hydrogen-bond donors (Lipinski definition) is 2. The van der Waals surface area contributed by atoms with Gasteiger partial charge in [-0.25, -0.2) is 5.21 Å². The number of hydrogen-bond acceptors (Lipinski definition) is 3. The highest BCUT2D eigenvalue weighted by molar-refractivity contribution is 3.89. The van der Waals surface area contributed by atoms with Crippen molar-refractivity contribution in [2.75, 3.05) is 6.61 Å². The Labute approximate surface area is 41.0 Å². The Morgan fingerprint density at radius 2 is 2.29 bits per heavy atom. The van der Waals surface area contributed by atoms with Gasteiger partial charge >= 0.3 is 5.09 Å². The summed E-state index contributed by atoms with van der Waals surface area (Å²) in [6.45, 7) is 1.79. The average Bonchev–Trinajstić information content (AvgIpc) is 1.35. The summed E-state index contributed by atoms with van der Waals surface area (Å²) in [4.78, 5) is 13.2. The Hall–Kier alpha value is -0.840. The van der Waals surface area contributed by atoms with Gasteiger partial charge in [0, 0.05) is 0 Å². The molecule has 0 amide bonds. The normalized spacial score (nSPS) is 6.43. The minimum absolute atomic E-state index is 0. The van der Waals surface area contributed by atoms with E-state index in [1.165, 1.54) is 0 Å². The van der Waals surface area contributed by atoms with Crippen molar-refractivity contribution in [2.45, 2.75) is 6.92 Å². The van der Waals surface area contributed by atoms with Gasteiger partial charge in [-0.1, -0.05) is 0 Å². The summed E-state index contributed by atoms with van der Waals surface area (Å²) in [5.41, 5.74) is 0. The molecule has 0 aliphatic rings. The van der Waals surface area contributed by atoms with Gasteiger partial charge < -0.3 is 6.15 Å². The quantitative estimate of drug-likeness (QED) is 0.498. The molecule has 0 aromatic rings. The largest absolute Gasteiger partial charge is 0.475 e. The third-order valence-corrected chi connectivity index (χ3v) is 0.240. The molecule has 0 aliphatic carbocycles. The molecule has 5 nitrogen and oxygen atoms in total. The van der Waals surface area contributed by atoms with E-state index in [9.17, 15) is 4.91 Å². The first-order valence-electron chi connectivity index (χ1n) is 1.56. The van der Waals surface area contributed by atoms with Gasteiger partial charge in [-0.05, 0) is 6.92 Å². The van der Waals surface area contributed by atoms with E-state index in [-0.39, 0.29) is 12.8 Å². The molecule has 0 rings (SSSR count). The summed E-state index contributed by atoms with van der Waals surface area (Å²) in [5, 5.41) is 7.04. The first-order chi connectivity index (χ1) is 2.77. The second-order valence-corrected chi connectivity index (χ2v) is 0.656. The van der Waals surface area contributed by atoms with Crippen molar-refractivity contribution in [3.8, 4) is 0 Å². The molecule has 0 atom stereocenters. The first kappa shape index (κ1) is 9.48. The number of nitrogens with zero attached hydrogens (tertiary/aromatic N) is 1. The van der Waals surface area contributed by atoms with Crippen LogP contribution >= 0.6 is 0 Å². The first-order valence-corrected chi connectivity index (χ1v) is 1.56. The second-order valence-electron chi connectivity index (χ2n) is 0.656. The van der Waals surface area contributed by atoms with Crippen LogP contribution in [0.3, 0.4) is 0 Å². The van der Waals surface area contributed by atoms with E-state index in [2.05, 4.69) is 4.84 Å². The maximum absolute atomic E-state index is 9.29. The Kier molecular flexibility index (Phi) is 6.99. The van der Waals surface area contributed by atoms with Crippen molar-refractivity contribution >= 4 is 0 Å². The zero-order valence-corrected chi connectivity index (χ0v) is 4.13. The van der Waals surface area contributed by atoms with Gasteiger partial charge in [-0.2, -0.15) is 4.84 Å².